The van der Waals surface area contributed by atoms with Crippen molar-refractivity contribution in [3.05, 3.63) is 84.9 Å². The fourth-order valence-electron chi connectivity index (χ4n) is 2.59. The van der Waals surface area contributed by atoms with Gasteiger partial charge in [0.1, 0.15) is 0 Å². The number of amides is 2. The highest BCUT2D eigenvalue weighted by Gasteiger charge is 2.28. The van der Waals surface area contributed by atoms with E-state index >= 15 is 0 Å². The summed E-state index contributed by atoms with van der Waals surface area (Å²) in [6.45, 7) is 0. The molecule has 0 heterocycles. The summed E-state index contributed by atoms with van der Waals surface area (Å²) in [5, 5.41) is 0. The average Bonchev–Trinajstić information content (AvgIpc) is 2.70. The molecule has 3 aromatic carbocycles. The number of carbonyl (C=O) groups is 2. The fraction of sp³-hybridized carbons (Fsp3) is 0.0476. The van der Waals surface area contributed by atoms with E-state index in [1.165, 1.54) is 9.80 Å². The molecule has 0 aliphatic heterocycles. The molecule has 0 saturated heterocycles. The van der Waals surface area contributed by atoms with Gasteiger partial charge in [-0.25, -0.2) is 0 Å². The molecule has 0 fully saturated rings. The van der Waals surface area contributed by atoms with Crippen molar-refractivity contribution in [2.45, 2.75) is 0 Å². The maximum Gasteiger partial charge on any atom is 0.321 e. The highest BCUT2D eigenvalue weighted by Crippen LogP contribution is 2.27. The zero-order valence-corrected chi connectivity index (χ0v) is 14.4. The quantitative estimate of drug-likeness (QED) is 0.583. The minimum Gasteiger partial charge on any atom is -0.399 e. The van der Waals surface area contributed by atoms with Crippen LogP contribution in [0, 0.1) is 0 Å². The predicted octanol–water partition coefficient (Wildman–Crippen LogP) is 3.60. The predicted molar refractivity (Wildman–Crippen MR) is 104 cm³/mol. The van der Waals surface area contributed by atoms with Crippen LogP contribution < -0.4 is 15.5 Å². The third-order valence-corrected chi connectivity index (χ3v) is 4.00. The van der Waals surface area contributed by atoms with Crippen molar-refractivity contribution in [1.29, 1.82) is 0 Å². The summed E-state index contributed by atoms with van der Waals surface area (Å²) >= 11 is 0. The minimum atomic E-state index is -0.646. The largest absolute Gasteiger partial charge is 0.399 e. The Morgan fingerprint density at radius 3 is 1.65 bits per heavy atom. The van der Waals surface area contributed by atoms with Crippen LogP contribution in [0.3, 0.4) is 0 Å². The van der Waals surface area contributed by atoms with Crippen molar-refractivity contribution in [2.24, 2.45) is 0 Å². The third kappa shape index (κ3) is 3.57. The van der Waals surface area contributed by atoms with E-state index in [2.05, 4.69) is 0 Å². The molecule has 130 valence electrons. The molecular formula is C21H19N3O2. The number of benzene rings is 3. The van der Waals surface area contributed by atoms with Gasteiger partial charge in [0.25, 0.3) is 0 Å². The van der Waals surface area contributed by atoms with Crippen LogP contribution in [0.25, 0.3) is 0 Å². The van der Waals surface area contributed by atoms with Gasteiger partial charge in [0, 0.05) is 29.8 Å². The molecule has 0 unspecified atom stereocenters. The van der Waals surface area contributed by atoms with Crippen LogP contribution in [-0.2, 0) is 9.59 Å². The molecule has 26 heavy (non-hydrogen) atoms. The zero-order chi connectivity index (χ0) is 18.5. The lowest BCUT2D eigenvalue weighted by Gasteiger charge is -2.25. The van der Waals surface area contributed by atoms with Crippen LogP contribution in [0.1, 0.15) is 0 Å². The maximum atomic E-state index is 13.0. The summed E-state index contributed by atoms with van der Waals surface area (Å²) in [6, 6.07) is 24.9. The summed E-state index contributed by atoms with van der Waals surface area (Å²) < 4.78 is 0. The monoisotopic (exact) mass is 345 g/mol. The second kappa shape index (κ2) is 7.53. The van der Waals surface area contributed by atoms with Gasteiger partial charge in [0.05, 0.1) is 0 Å². The smallest absolute Gasteiger partial charge is 0.321 e. The number of likely N-dealkylation sites (N-methyl/N-ethyl adjacent to an activating group) is 1. The summed E-state index contributed by atoms with van der Waals surface area (Å²) in [7, 11) is 1.59. The molecule has 5 nitrogen and oxygen atoms in total. The van der Waals surface area contributed by atoms with Crippen LogP contribution in [0.4, 0.5) is 22.7 Å². The topological polar surface area (TPSA) is 66.6 Å². The van der Waals surface area contributed by atoms with E-state index in [0.29, 0.717) is 22.7 Å². The van der Waals surface area contributed by atoms with Crippen molar-refractivity contribution in [3.8, 4) is 0 Å². The van der Waals surface area contributed by atoms with E-state index in [-0.39, 0.29) is 0 Å². The zero-order valence-electron chi connectivity index (χ0n) is 14.4. The fourth-order valence-corrected chi connectivity index (χ4v) is 2.59. The maximum absolute atomic E-state index is 13.0. The number of carbonyl (C=O) groups excluding carboxylic acids is 2. The van der Waals surface area contributed by atoms with Crippen LogP contribution in [0.5, 0.6) is 0 Å². The Hall–Kier alpha value is -3.60. The first-order chi connectivity index (χ1) is 12.6. The van der Waals surface area contributed by atoms with Gasteiger partial charge in [0.15, 0.2) is 0 Å². The normalized spacial score (nSPS) is 10.2. The Balaban J connectivity index is 1.97. The van der Waals surface area contributed by atoms with Crippen LogP contribution >= 0.6 is 0 Å². The molecule has 0 bridgehead atoms. The van der Waals surface area contributed by atoms with Crippen molar-refractivity contribution < 1.29 is 9.59 Å². The Bertz CT molecular complexity index is 894. The number of nitrogen functional groups attached to an aromatic ring is 1. The van der Waals surface area contributed by atoms with Crippen molar-refractivity contribution in [3.63, 3.8) is 0 Å². The number of anilines is 4. The van der Waals surface area contributed by atoms with Crippen molar-refractivity contribution in [1.82, 2.24) is 0 Å². The Labute approximate surface area is 152 Å². The highest BCUT2D eigenvalue weighted by molar-refractivity contribution is 6.46. The first kappa shape index (κ1) is 17.2. The molecule has 3 rings (SSSR count). The summed E-state index contributed by atoms with van der Waals surface area (Å²) in [5.41, 5.74) is 8.16. The summed E-state index contributed by atoms with van der Waals surface area (Å²) in [6.07, 6.45) is 0. The van der Waals surface area contributed by atoms with Gasteiger partial charge in [-0.3, -0.25) is 14.5 Å². The molecule has 0 aliphatic rings. The lowest BCUT2D eigenvalue weighted by molar-refractivity contribution is -0.135. The van der Waals surface area contributed by atoms with E-state index < -0.39 is 11.8 Å². The number of hydrogen-bond donors (Lipinski definition) is 1. The first-order valence-electron chi connectivity index (χ1n) is 8.15. The third-order valence-electron chi connectivity index (χ3n) is 4.00. The minimum absolute atomic E-state index is 0.574. The molecule has 0 atom stereocenters. The van der Waals surface area contributed by atoms with Gasteiger partial charge in [-0.05, 0) is 48.5 Å². The summed E-state index contributed by atoms with van der Waals surface area (Å²) in [5.74, 6) is -1.27. The van der Waals surface area contributed by atoms with Crippen LogP contribution in [0.2, 0.25) is 0 Å². The Morgan fingerprint density at radius 1 is 0.654 bits per heavy atom. The van der Waals surface area contributed by atoms with Gasteiger partial charge in [-0.15, -0.1) is 0 Å². The molecule has 0 saturated carbocycles. The van der Waals surface area contributed by atoms with E-state index in [1.807, 2.05) is 36.4 Å². The standard InChI is InChI=1S/C21H19N3O2/c1-23(17-8-4-2-5-9-17)20(25)21(26)24(18-10-6-3-7-11-18)19-14-12-16(22)13-15-19/h2-15H,22H2,1H3. The van der Waals surface area contributed by atoms with Gasteiger partial charge in [0.2, 0.25) is 0 Å². The molecule has 2 N–H and O–H groups in total. The number of nitrogens with two attached hydrogens (primary N) is 1. The lowest BCUT2D eigenvalue weighted by Crippen LogP contribution is -2.42. The Morgan fingerprint density at radius 2 is 1.12 bits per heavy atom. The van der Waals surface area contributed by atoms with E-state index in [0.717, 1.165) is 0 Å². The second-order valence-electron chi connectivity index (χ2n) is 5.77. The highest BCUT2D eigenvalue weighted by atomic mass is 16.2. The Kier molecular flexibility index (Phi) is 4.99. The van der Waals surface area contributed by atoms with Crippen LogP contribution in [-0.4, -0.2) is 18.9 Å². The molecule has 0 radical (unpaired) electrons. The van der Waals surface area contributed by atoms with Crippen LogP contribution in [0.15, 0.2) is 84.9 Å². The van der Waals surface area contributed by atoms with Crippen molar-refractivity contribution >= 4 is 34.6 Å². The van der Waals surface area contributed by atoms with Gasteiger partial charge in [-0.2, -0.15) is 0 Å². The molecule has 3 aromatic rings. The molecular weight excluding hydrogens is 326 g/mol. The molecule has 5 heteroatoms. The van der Waals surface area contributed by atoms with Gasteiger partial charge in [-0.1, -0.05) is 36.4 Å². The van der Waals surface area contributed by atoms with E-state index in [1.54, 1.807) is 55.6 Å². The molecule has 0 aliphatic carbocycles. The van der Waals surface area contributed by atoms with Gasteiger partial charge >= 0.3 is 11.8 Å². The molecule has 2 amide bonds. The number of rotatable bonds is 3. The lowest BCUT2D eigenvalue weighted by atomic mass is 10.2. The number of hydrogen-bond acceptors (Lipinski definition) is 3. The van der Waals surface area contributed by atoms with E-state index in [9.17, 15) is 9.59 Å². The molecule has 0 aromatic heterocycles. The van der Waals surface area contributed by atoms with E-state index in [4.69, 9.17) is 5.73 Å². The average molecular weight is 345 g/mol. The SMILES string of the molecule is CN(C(=O)C(=O)N(c1ccccc1)c1ccc(N)cc1)c1ccccc1. The number of nitrogens with zero attached hydrogens (tertiary/aromatic N) is 2. The first-order valence-corrected chi connectivity index (χ1v) is 8.15. The van der Waals surface area contributed by atoms with Crippen molar-refractivity contribution in [2.75, 3.05) is 22.6 Å². The second-order valence-corrected chi connectivity index (χ2v) is 5.77. The van der Waals surface area contributed by atoms with Gasteiger partial charge < -0.3 is 10.6 Å². The number of para-hydroxylation sites is 2. The summed E-state index contributed by atoms with van der Waals surface area (Å²) in [4.78, 5) is 28.6. The molecule has 0 spiro atoms.